The van der Waals surface area contributed by atoms with Crippen molar-refractivity contribution in [1.82, 2.24) is 9.78 Å². The molecule has 1 N–H and O–H groups in total. The highest BCUT2D eigenvalue weighted by atomic mass is 35.5. The number of anilines is 1. The number of aryl methyl sites for hydroxylation is 1. The monoisotopic (exact) mass is 469 g/mol. The maximum absolute atomic E-state index is 12.1. The van der Waals surface area contributed by atoms with Crippen LogP contribution in [0.2, 0.25) is 5.02 Å². The third-order valence-electron chi connectivity index (χ3n) is 4.82. The molecule has 8 heteroatoms. The molecular formula is C24H24ClN3O3S. The molecule has 6 nitrogen and oxygen atoms in total. The van der Waals surface area contributed by atoms with Crippen molar-refractivity contribution in [1.29, 1.82) is 0 Å². The number of carbonyl (C=O) groups is 2. The Labute approximate surface area is 196 Å². The van der Waals surface area contributed by atoms with Crippen molar-refractivity contribution in [2.24, 2.45) is 0 Å². The lowest BCUT2D eigenvalue weighted by Gasteiger charge is -2.07. The van der Waals surface area contributed by atoms with Crippen molar-refractivity contribution < 1.29 is 14.3 Å². The molecule has 166 valence electrons. The lowest BCUT2D eigenvalue weighted by atomic mass is 10.1. The maximum Gasteiger partial charge on any atom is 0.331 e. The molecule has 3 rings (SSSR count). The van der Waals surface area contributed by atoms with Gasteiger partial charge in [0.25, 0.3) is 5.91 Å². The zero-order chi connectivity index (χ0) is 23.1. The van der Waals surface area contributed by atoms with E-state index in [4.69, 9.17) is 16.3 Å². The molecule has 0 saturated heterocycles. The summed E-state index contributed by atoms with van der Waals surface area (Å²) in [5.74, 6) is -1.00. The molecule has 32 heavy (non-hydrogen) atoms. The minimum Gasteiger partial charge on any atom is -0.452 e. The third kappa shape index (κ3) is 6.24. The largest absolute Gasteiger partial charge is 0.452 e. The highest BCUT2D eigenvalue weighted by molar-refractivity contribution is 7.98. The average molecular weight is 470 g/mol. The van der Waals surface area contributed by atoms with Gasteiger partial charge in [-0.2, -0.15) is 5.10 Å². The molecule has 0 aliphatic heterocycles. The number of hydrogen-bond acceptors (Lipinski definition) is 5. The van der Waals surface area contributed by atoms with Crippen molar-refractivity contribution >= 4 is 47.0 Å². The number of esters is 1. The van der Waals surface area contributed by atoms with Crippen molar-refractivity contribution in [3.63, 3.8) is 0 Å². The van der Waals surface area contributed by atoms with Crippen LogP contribution in [0.3, 0.4) is 0 Å². The quantitative estimate of drug-likeness (QED) is 0.281. The van der Waals surface area contributed by atoms with Gasteiger partial charge in [-0.3, -0.25) is 9.48 Å². The third-order valence-corrected chi connectivity index (χ3v) is 5.93. The molecule has 3 aromatic rings. The van der Waals surface area contributed by atoms with E-state index in [-0.39, 0.29) is 6.61 Å². The zero-order valence-electron chi connectivity index (χ0n) is 18.1. The van der Waals surface area contributed by atoms with Crippen LogP contribution < -0.4 is 5.32 Å². The Morgan fingerprint density at radius 2 is 1.88 bits per heavy atom. The van der Waals surface area contributed by atoms with E-state index < -0.39 is 11.9 Å². The minimum absolute atomic E-state index is 0.364. The van der Waals surface area contributed by atoms with Gasteiger partial charge in [-0.05, 0) is 62.1 Å². The van der Waals surface area contributed by atoms with Gasteiger partial charge in [0.1, 0.15) is 0 Å². The molecule has 1 amide bonds. The molecule has 1 aromatic heterocycles. The number of nitrogens with one attached hydrogen (secondary N) is 1. The summed E-state index contributed by atoms with van der Waals surface area (Å²) in [6, 6.07) is 15.0. The fraction of sp³-hybridized carbons (Fsp3) is 0.208. The zero-order valence-corrected chi connectivity index (χ0v) is 19.7. The number of nitrogens with zero attached hydrogens (tertiary/aromatic N) is 2. The van der Waals surface area contributed by atoms with Gasteiger partial charge in [0.05, 0.1) is 12.2 Å². The van der Waals surface area contributed by atoms with Crippen molar-refractivity contribution in [3.05, 3.63) is 82.1 Å². The first kappa shape index (κ1) is 23.6. The molecule has 0 atom stereocenters. The molecule has 0 bridgehead atoms. The Bertz CT molecular complexity index is 1140. The van der Waals surface area contributed by atoms with Crippen LogP contribution in [0.5, 0.6) is 0 Å². The molecule has 0 aliphatic carbocycles. The van der Waals surface area contributed by atoms with Crippen molar-refractivity contribution in [2.45, 2.75) is 25.3 Å². The summed E-state index contributed by atoms with van der Waals surface area (Å²) in [5.41, 5.74) is 4.12. The number of halogens is 1. The molecule has 0 fully saturated rings. The van der Waals surface area contributed by atoms with E-state index >= 15 is 0 Å². The summed E-state index contributed by atoms with van der Waals surface area (Å²) in [4.78, 5) is 25.2. The Balaban J connectivity index is 1.56. The second-order valence-corrected chi connectivity index (χ2v) is 8.34. The van der Waals surface area contributed by atoms with Crippen LogP contribution in [0, 0.1) is 13.8 Å². The molecule has 2 aromatic carbocycles. The Morgan fingerprint density at radius 3 is 2.56 bits per heavy atom. The van der Waals surface area contributed by atoms with Gasteiger partial charge in [-0.1, -0.05) is 29.8 Å². The van der Waals surface area contributed by atoms with Gasteiger partial charge in [0, 0.05) is 32.9 Å². The summed E-state index contributed by atoms with van der Waals surface area (Å²) in [6.45, 7) is 3.97. The lowest BCUT2D eigenvalue weighted by molar-refractivity contribution is -0.142. The number of hydrogen-bond donors (Lipinski definition) is 1. The second kappa shape index (κ2) is 11.0. The standard InChI is InChI=1S/C24H24ClN3O3S/c1-16-21(17(2)28(27-16)14-18-6-4-5-7-22(18)25)12-13-24(30)31-15-23(29)26-19-8-10-20(32-3)11-9-19/h4-13H,14-15H2,1-3H3,(H,26,29)/b13-12+. The second-order valence-electron chi connectivity index (χ2n) is 7.05. The average Bonchev–Trinajstić information content (AvgIpc) is 3.05. The van der Waals surface area contributed by atoms with Gasteiger partial charge in [0.15, 0.2) is 6.61 Å². The Morgan fingerprint density at radius 1 is 1.16 bits per heavy atom. The van der Waals surface area contributed by atoms with Crippen LogP contribution in [-0.4, -0.2) is 34.5 Å². The fourth-order valence-corrected chi connectivity index (χ4v) is 3.71. The highest BCUT2D eigenvalue weighted by Crippen LogP contribution is 2.20. The molecule has 0 saturated carbocycles. The van der Waals surface area contributed by atoms with E-state index in [1.54, 1.807) is 30.0 Å². The van der Waals surface area contributed by atoms with Gasteiger partial charge in [-0.25, -0.2) is 4.79 Å². The first-order valence-electron chi connectivity index (χ1n) is 9.93. The van der Waals surface area contributed by atoms with Gasteiger partial charge in [-0.15, -0.1) is 11.8 Å². The normalized spacial score (nSPS) is 11.0. The molecular weight excluding hydrogens is 446 g/mol. The van der Waals surface area contributed by atoms with Crippen molar-refractivity contribution in [3.8, 4) is 0 Å². The molecule has 0 spiro atoms. The predicted octanol–water partition coefficient (Wildman–Crippen LogP) is 5.12. The topological polar surface area (TPSA) is 73.2 Å². The number of thioether (sulfide) groups is 1. The van der Waals surface area contributed by atoms with Gasteiger partial charge < -0.3 is 10.1 Å². The predicted molar refractivity (Wildman–Crippen MR) is 129 cm³/mol. The summed E-state index contributed by atoms with van der Waals surface area (Å²) < 4.78 is 6.90. The van der Waals surface area contributed by atoms with E-state index in [9.17, 15) is 9.59 Å². The van der Waals surface area contributed by atoms with E-state index in [0.717, 1.165) is 27.4 Å². The van der Waals surface area contributed by atoms with Crippen LogP contribution >= 0.6 is 23.4 Å². The number of rotatable bonds is 8. The van der Waals surface area contributed by atoms with E-state index in [1.165, 1.54) is 6.08 Å². The summed E-state index contributed by atoms with van der Waals surface area (Å²) >= 11 is 7.87. The number of aromatic nitrogens is 2. The molecule has 0 radical (unpaired) electrons. The minimum atomic E-state index is -0.601. The highest BCUT2D eigenvalue weighted by Gasteiger charge is 2.12. The molecule has 0 aliphatic rings. The fourth-order valence-electron chi connectivity index (χ4n) is 3.10. The number of ether oxygens (including phenoxy) is 1. The lowest BCUT2D eigenvalue weighted by Crippen LogP contribution is -2.20. The first-order chi connectivity index (χ1) is 15.4. The van der Waals surface area contributed by atoms with E-state index in [1.807, 2.05) is 61.2 Å². The van der Waals surface area contributed by atoms with Crippen LogP contribution in [0.25, 0.3) is 6.08 Å². The van der Waals surface area contributed by atoms with Crippen LogP contribution in [0.1, 0.15) is 22.5 Å². The number of amides is 1. The smallest absolute Gasteiger partial charge is 0.331 e. The molecule has 0 unspecified atom stereocenters. The summed E-state index contributed by atoms with van der Waals surface area (Å²) in [5, 5.41) is 7.92. The molecule has 1 heterocycles. The van der Waals surface area contributed by atoms with E-state index in [0.29, 0.717) is 17.3 Å². The number of benzene rings is 2. The van der Waals surface area contributed by atoms with Crippen LogP contribution in [0.15, 0.2) is 59.5 Å². The van der Waals surface area contributed by atoms with Gasteiger partial charge >= 0.3 is 5.97 Å². The Kier molecular flexibility index (Phi) is 8.14. The van der Waals surface area contributed by atoms with Crippen LogP contribution in [-0.2, 0) is 20.9 Å². The van der Waals surface area contributed by atoms with Crippen molar-refractivity contribution in [2.75, 3.05) is 18.2 Å². The summed E-state index contributed by atoms with van der Waals surface area (Å²) in [6.07, 6.45) is 4.94. The maximum atomic E-state index is 12.1. The van der Waals surface area contributed by atoms with Crippen LogP contribution in [0.4, 0.5) is 5.69 Å². The summed E-state index contributed by atoms with van der Waals surface area (Å²) in [7, 11) is 0. The first-order valence-corrected chi connectivity index (χ1v) is 11.5. The Hall–Kier alpha value is -3.03. The van der Waals surface area contributed by atoms with Gasteiger partial charge in [0.2, 0.25) is 0 Å². The number of carbonyl (C=O) groups excluding carboxylic acids is 2. The van der Waals surface area contributed by atoms with E-state index in [2.05, 4.69) is 10.4 Å². The SMILES string of the molecule is CSc1ccc(NC(=O)COC(=O)/C=C/c2c(C)nn(Cc3ccccc3Cl)c2C)cc1.